The number of hydrogen-bond acceptors (Lipinski definition) is 6. The van der Waals surface area contributed by atoms with Crippen LogP contribution in [0.2, 0.25) is 0 Å². The molecule has 0 aliphatic heterocycles. The lowest BCUT2D eigenvalue weighted by molar-refractivity contribution is 0.102. The Bertz CT molecular complexity index is 1170. The number of halogens is 1. The predicted molar refractivity (Wildman–Crippen MR) is 117 cm³/mol. The molecule has 0 radical (unpaired) electrons. The summed E-state index contributed by atoms with van der Waals surface area (Å²) in [6, 6.07) is 12.3. The Hall–Kier alpha value is -3.11. The quantitative estimate of drug-likeness (QED) is 0.518. The molecule has 1 heterocycles. The normalized spacial score (nSPS) is 10.9. The molecule has 0 fully saturated rings. The van der Waals surface area contributed by atoms with Crippen LogP contribution in [0.3, 0.4) is 0 Å². The van der Waals surface area contributed by atoms with E-state index in [2.05, 4.69) is 31.0 Å². The topological polar surface area (TPSA) is 107 Å². The van der Waals surface area contributed by atoms with Crippen molar-refractivity contribution in [1.82, 2.24) is 4.98 Å². The molecule has 8 nitrogen and oxygen atoms in total. The average Bonchev–Trinajstić information content (AvgIpc) is 2.74. The van der Waals surface area contributed by atoms with Gasteiger partial charge in [-0.3, -0.25) is 14.5 Å². The number of carbonyl (C=O) groups excluding carboxylic acids is 1. The second-order valence-electron chi connectivity index (χ2n) is 6.01. The highest BCUT2D eigenvalue weighted by Crippen LogP contribution is 2.32. The Morgan fingerprint density at radius 2 is 1.57 bits per heavy atom. The Balaban J connectivity index is 1.90. The summed E-state index contributed by atoms with van der Waals surface area (Å²) in [5.41, 5.74) is 1.02. The van der Waals surface area contributed by atoms with Gasteiger partial charge < -0.3 is 14.8 Å². The van der Waals surface area contributed by atoms with E-state index in [-0.39, 0.29) is 10.6 Å². The molecule has 0 saturated carbocycles. The fourth-order valence-electron chi connectivity index (χ4n) is 2.61. The summed E-state index contributed by atoms with van der Waals surface area (Å²) in [4.78, 5) is 16.1. The van der Waals surface area contributed by atoms with Gasteiger partial charge in [-0.15, -0.1) is 0 Å². The summed E-state index contributed by atoms with van der Waals surface area (Å²) in [5.74, 6) is 0.311. The summed E-state index contributed by atoms with van der Waals surface area (Å²) in [6.07, 6.45) is 2.99. The van der Waals surface area contributed by atoms with Crippen molar-refractivity contribution in [2.45, 2.75) is 4.90 Å². The van der Waals surface area contributed by atoms with Crippen LogP contribution in [0.1, 0.15) is 10.4 Å². The molecule has 2 N–H and O–H groups in total. The number of pyridine rings is 1. The van der Waals surface area contributed by atoms with Gasteiger partial charge in [0, 0.05) is 23.6 Å². The van der Waals surface area contributed by atoms with E-state index >= 15 is 0 Å². The minimum atomic E-state index is -4.01. The second-order valence-corrected chi connectivity index (χ2v) is 8.52. The lowest BCUT2D eigenvalue weighted by Gasteiger charge is -2.14. The van der Waals surface area contributed by atoms with Crippen molar-refractivity contribution >= 4 is 43.2 Å². The van der Waals surface area contributed by atoms with Gasteiger partial charge in [-0.2, -0.15) is 0 Å². The molecule has 0 atom stereocenters. The van der Waals surface area contributed by atoms with Crippen LogP contribution in [-0.4, -0.2) is 33.5 Å². The lowest BCUT2D eigenvalue weighted by atomic mass is 10.2. The van der Waals surface area contributed by atoms with Crippen molar-refractivity contribution < 1.29 is 22.7 Å². The molecule has 1 aromatic heterocycles. The number of aromatic nitrogens is 1. The molecule has 0 spiro atoms. The third kappa shape index (κ3) is 4.89. The maximum absolute atomic E-state index is 13.0. The first-order valence-electron chi connectivity index (χ1n) is 8.60. The molecule has 30 heavy (non-hydrogen) atoms. The van der Waals surface area contributed by atoms with Crippen molar-refractivity contribution in [3.63, 3.8) is 0 Å². The van der Waals surface area contributed by atoms with Gasteiger partial charge in [-0.05, 0) is 64.5 Å². The fraction of sp³-hybridized carbons (Fsp3) is 0.100. The molecule has 156 valence electrons. The van der Waals surface area contributed by atoms with E-state index in [1.807, 2.05) is 0 Å². The highest BCUT2D eigenvalue weighted by Gasteiger charge is 2.21. The Morgan fingerprint density at radius 3 is 2.20 bits per heavy atom. The van der Waals surface area contributed by atoms with Gasteiger partial charge in [0.05, 0.1) is 24.4 Å². The third-order valence-electron chi connectivity index (χ3n) is 4.06. The first kappa shape index (κ1) is 21.6. The standard InChI is InChI=1S/C20H18BrN3O5S/c1-28-17-5-4-15(11-16(17)21)24-30(26,27)19-12-14(3-6-18(19)29-2)23-20(25)13-7-9-22-10-8-13/h3-12,24H,1-2H3,(H,23,25). The number of amides is 1. The van der Waals surface area contributed by atoms with E-state index in [1.54, 1.807) is 36.4 Å². The monoisotopic (exact) mass is 491 g/mol. The molecule has 0 bridgehead atoms. The summed E-state index contributed by atoms with van der Waals surface area (Å²) >= 11 is 3.32. The summed E-state index contributed by atoms with van der Waals surface area (Å²) in [6.45, 7) is 0. The third-order valence-corrected chi connectivity index (χ3v) is 6.08. The number of sulfonamides is 1. The Morgan fingerprint density at radius 1 is 0.933 bits per heavy atom. The highest BCUT2D eigenvalue weighted by atomic mass is 79.9. The fourth-order valence-corrected chi connectivity index (χ4v) is 4.40. The van der Waals surface area contributed by atoms with Gasteiger partial charge in [0.2, 0.25) is 0 Å². The van der Waals surface area contributed by atoms with Gasteiger partial charge in [0.1, 0.15) is 16.4 Å². The van der Waals surface area contributed by atoms with Crippen molar-refractivity contribution in [3.8, 4) is 11.5 Å². The zero-order valence-electron chi connectivity index (χ0n) is 16.0. The molecule has 2 aromatic carbocycles. The largest absolute Gasteiger partial charge is 0.496 e. The molecule has 0 aliphatic carbocycles. The van der Waals surface area contributed by atoms with Gasteiger partial charge in [-0.25, -0.2) is 8.42 Å². The zero-order chi connectivity index (χ0) is 21.7. The Labute approximate surface area is 182 Å². The Kier molecular flexibility index (Phi) is 6.58. The highest BCUT2D eigenvalue weighted by molar-refractivity contribution is 9.10. The maximum atomic E-state index is 13.0. The van der Waals surface area contributed by atoms with Crippen molar-refractivity contribution in [1.29, 1.82) is 0 Å². The molecule has 10 heteroatoms. The summed E-state index contributed by atoms with van der Waals surface area (Å²) in [7, 11) is -1.13. The molecule has 1 amide bonds. The van der Waals surface area contributed by atoms with Crippen LogP contribution in [0.4, 0.5) is 11.4 Å². The van der Waals surface area contributed by atoms with E-state index in [9.17, 15) is 13.2 Å². The zero-order valence-corrected chi connectivity index (χ0v) is 18.5. The molecule has 0 saturated heterocycles. The number of nitrogens with zero attached hydrogens (tertiary/aromatic N) is 1. The number of rotatable bonds is 7. The molecule has 0 unspecified atom stereocenters. The second kappa shape index (κ2) is 9.14. The molecule has 3 rings (SSSR count). The van der Waals surface area contributed by atoms with Crippen LogP contribution in [-0.2, 0) is 10.0 Å². The number of methoxy groups -OCH3 is 2. The summed E-state index contributed by atoms with van der Waals surface area (Å²) in [5, 5.41) is 2.67. The number of nitrogens with one attached hydrogen (secondary N) is 2. The lowest BCUT2D eigenvalue weighted by Crippen LogP contribution is -2.16. The van der Waals surface area contributed by atoms with E-state index < -0.39 is 15.9 Å². The van der Waals surface area contributed by atoms with E-state index in [0.29, 0.717) is 27.2 Å². The van der Waals surface area contributed by atoms with Crippen molar-refractivity contribution in [2.75, 3.05) is 24.3 Å². The van der Waals surface area contributed by atoms with E-state index in [0.717, 1.165) is 0 Å². The van der Waals surface area contributed by atoms with Crippen LogP contribution >= 0.6 is 15.9 Å². The van der Waals surface area contributed by atoms with Crippen molar-refractivity contribution in [2.24, 2.45) is 0 Å². The first-order valence-corrected chi connectivity index (χ1v) is 10.9. The van der Waals surface area contributed by atoms with Crippen LogP contribution in [0, 0.1) is 0 Å². The average molecular weight is 492 g/mol. The van der Waals surface area contributed by atoms with Crippen LogP contribution < -0.4 is 19.5 Å². The van der Waals surface area contributed by atoms with Gasteiger partial charge in [-0.1, -0.05) is 0 Å². The van der Waals surface area contributed by atoms with Crippen molar-refractivity contribution in [3.05, 3.63) is 71.0 Å². The van der Waals surface area contributed by atoms with Crippen LogP contribution in [0.25, 0.3) is 0 Å². The SMILES string of the molecule is COc1ccc(NS(=O)(=O)c2cc(NC(=O)c3ccncc3)ccc2OC)cc1Br. The molecule has 0 aliphatic rings. The molecular weight excluding hydrogens is 474 g/mol. The predicted octanol–water partition coefficient (Wildman–Crippen LogP) is 3.91. The molecular formula is C20H18BrN3O5S. The minimum absolute atomic E-state index is 0.121. The number of anilines is 2. The first-order chi connectivity index (χ1) is 14.3. The van der Waals surface area contributed by atoms with E-state index in [1.165, 1.54) is 38.7 Å². The van der Waals surface area contributed by atoms with Gasteiger partial charge in [0.15, 0.2) is 0 Å². The number of ether oxygens (including phenoxy) is 2. The number of carbonyl (C=O) groups is 1. The van der Waals surface area contributed by atoms with E-state index in [4.69, 9.17) is 9.47 Å². The smallest absolute Gasteiger partial charge is 0.265 e. The molecule has 3 aromatic rings. The van der Waals surface area contributed by atoms with Crippen LogP contribution in [0.5, 0.6) is 11.5 Å². The van der Waals surface area contributed by atoms with Gasteiger partial charge in [0.25, 0.3) is 15.9 Å². The summed E-state index contributed by atoms with van der Waals surface area (Å²) < 4.78 is 39.4. The minimum Gasteiger partial charge on any atom is -0.496 e. The maximum Gasteiger partial charge on any atom is 0.265 e. The van der Waals surface area contributed by atoms with Crippen LogP contribution in [0.15, 0.2) is 70.3 Å². The number of benzene rings is 2. The number of hydrogen-bond donors (Lipinski definition) is 2. The van der Waals surface area contributed by atoms with Gasteiger partial charge >= 0.3 is 0 Å².